The fourth-order valence-electron chi connectivity index (χ4n) is 4.30. The topological polar surface area (TPSA) is 98.8 Å². The molecule has 4 rings (SSSR count). The first kappa shape index (κ1) is 18.5. The molecule has 3 heterocycles. The minimum absolute atomic E-state index is 0.0414. The highest BCUT2D eigenvalue weighted by atomic mass is 19.1. The molecule has 3 aliphatic heterocycles. The zero-order valence-electron chi connectivity index (χ0n) is 15.5. The van der Waals surface area contributed by atoms with Gasteiger partial charge in [-0.3, -0.25) is 29.4 Å². The molecule has 1 aromatic rings. The van der Waals surface area contributed by atoms with Gasteiger partial charge in [0.2, 0.25) is 11.8 Å². The van der Waals surface area contributed by atoms with Crippen molar-refractivity contribution in [3.8, 4) is 0 Å². The number of carbonyl (C=O) groups excluding carboxylic acids is 4. The molecule has 2 unspecified atom stereocenters. The highest BCUT2D eigenvalue weighted by Gasteiger charge is 2.45. The van der Waals surface area contributed by atoms with Crippen molar-refractivity contribution in [3.63, 3.8) is 0 Å². The first-order valence-electron chi connectivity index (χ1n) is 9.38. The molecule has 8 nitrogen and oxygen atoms in total. The first-order valence-corrected chi connectivity index (χ1v) is 9.38. The number of halogens is 1. The largest absolute Gasteiger partial charge is 0.365 e. The predicted molar refractivity (Wildman–Crippen MR) is 97.4 cm³/mol. The number of amides is 4. The van der Waals surface area contributed by atoms with Gasteiger partial charge in [-0.05, 0) is 38.4 Å². The van der Waals surface area contributed by atoms with E-state index in [1.807, 2.05) is 11.9 Å². The van der Waals surface area contributed by atoms with Gasteiger partial charge in [0.05, 0.1) is 16.8 Å². The van der Waals surface area contributed by atoms with E-state index in [-0.39, 0.29) is 30.0 Å². The number of hydrogen-bond acceptors (Lipinski definition) is 6. The number of imide groups is 2. The number of anilines is 1. The SMILES string of the molecule is CNCC1CCCN1c1cc2c(cc1F)C(=O)N(C1CCC(=O)NC1=O)C2=O. The van der Waals surface area contributed by atoms with Gasteiger partial charge in [0.1, 0.15) is 11.9 Å². The molecule has 2 N–H and O–H groups in total. The van der Waals surface area contributed by atoms with Crippen molar-refractivity contribution in [1.82, 2.24) is 15.5 Å². The molecule has 0 spiro atoms. The Kier molecular flexibility index (Phi) is 4.62. The van der Waals surface area contributed by atoms with E-state index in [0.717, 1.165) is 23.8 Å². The van der Waals surface area contributed by atoms with E-state index in [2.05, 4.69) is 10.6 Å². The molecule has 0 aromatic heterocycles. The van der Waals surface area contributed by atoms with Gasteiger partial charge in [0.25, 0.3) is 11.8 Å². The van der Waals surface area contributed by atoms with Crippen molar-refractivity contribution in [2.45, 2.75) is 37.8 Å². The Balaban J connectivity index is 1.67. The molecule has 2 atom stereocenters. The number of carbonyl (C=O) groups is 4. The summed E-state index contributed by atoms with van der Waals surface area (Å²) in [6.45, 7) is 1.35. The molecule has 1 aromatic carbocycles. The van der Waals surface area contributed by atoms with Gasteiger partial charge in [-0.15, -0.1) is 0 Å². The van der Waals surface area contributed by atoms with Gasteiger partial charge in [-0.25, -0.2) is 4.39 Å². The van der Waals surface area contributed by atoms with Crippen molar-refractivity contribution in [2.75, 3.05) is 25.0 Å². The van der Waals surface area contributed by atoms with Crippen LogP contribution in [-0.2, 0) is 9.59 Å². The summed E-state index contributed by atoms with van der Waals surface area (Å²) in [5.41, 5.74) is 0.351. The zero-order chi connectivity index (χ0) is 20.0. The molecule has 0 radical (unpaired) electrons. The van der Waals surface area contributed by atoms with Crippen LogP contribution in [0, 0.1) is 5.82 Å². The summed E-state index contributed by atoms with van der Waals surface area (Å²) in [5, 5.41) is 5.24. The summed E-state index contributed by atoms with van der Waals surface area (Å²) < 4.78 is 14.8. The molecule has 148 valence electrons. The van der Waals surface area contributed by atoms with Crippen LogP contribution in [0.25, 0.3) is 0 Å². The second-order valence-electron chi connectivity index (χ2n) is 7.34. The third-order valence-corrected chi connectivity index (χ3v) is 5.63. The Morgan fingerprint density at radius 1 is 1.14 bits per heavy atom. The van der Waals surface area contributed by atoms with E-state index >= 15 is 0 Å². The van der Waals surface area contributed by atoms with Gasteiger partial charge in [0.15, 0.2) is 0 Å². The molecule has 0 saturated carbocycles. The summed E-state index contributed by atoms with van der Waals surface area (Å²) in [4.78, 5) is 51.9. The van der Waals surface area contributed by atoms with Gasteiger partial charge < -0.3 is 10.2 Å². The maximum absolute atomic E-state index is 14.8. The monoisotopic (exact) mass is 388 g/mol. The van der Waals surface area contributed by atoms with E-state index < -0.39 is 35.5 Å². The Hall–Kier alpha value is -2.81. The molecule has 3 aliphatic rings. The minimum Gasteiger partial charge on any atom is -0.365 e. The summed E-state index contributed by atoms with van der Waals surface area (Å²) in [5.74, 6) is -3.00. The third-order valence-electron chi connectivity index (χ3n) is 5.63. The average molecular weight is 388 g/mol. The number of nitrogens with zero attached hydrogens (tertiary/aromatic N) is 2. The molecule has 0 bridgehead atoms. The summed E-state index contributed by atoms with van der Waals surface area (Å²) in [7, 11) is 1.83. The number of nitrogens with one attached hydrogen (secondary N) is 2. The quantitative estimate of drug-likeness (QED) is 0.726. The fraction of sp³-hybridized carbons (Fsp3) is 0.474. The Labute approximate surface area is 161 Å². The molecule has 4 amide bonds. The molecule has 2 fully saturated rings. The molecule has 9 heteroatoms. The van der Waals surface area contributed by atoms with E-state index in [9.17, 15) is 23.6 Å². The predicted octanol–water partition coefficient (Wildman–Crippen LogP) is 0.415. The highest BCUT2D eigenvalue weighted by Crippen LogP contribution is 2.35. The lowest BCUT2D eigenvalue weighted by atomic mass is 10.0. The van der Waals surface area contributed by atoms with Crippen LogP contribution >= 0.6 is 0 Å². The number of piperidine rings is 1. The minimum atomic E-state index is -1.06. The lowest BCUT2D eigenvalue weighted by molar-refractivity contribution is -0.136. The van der Waals surface area contributed by atoms with Crippen molar-refractivity contribution in [3.05, 3.63) is 29.1 Å². The Bertz CT molecular complexity index is 887. The molecule has 2 saturated heterocycles. The number of hydrogen-bond donors (Lipinski definition) is 2. The maximum Gasteiger partial charge on any atom is 0.262 e. The second kappa shape index (κ2) is 6.97. The zero-order valence-corrected chi connectivity index (χ0v) is 15.5. The van der Waals surface area contributed by atoms with Crippen LogP contribution in [-0.4, -0.2) is 60.7 Å². The van der Waals surface area contributed by atoms with Crippen LogP contribution in [0.1, 0.15) is 46.4 Å². The molecular weight excluding hydrogens is 367 g/mol. The maximum atomic E-state index is 14.8. The second-order valence-corrected chi connectivity index (χ2v) is 7.34. The first-order chi connectivity index (χ1) is 13.4. The lowest BCUT2D eigenvalue weighted by Gasteiger charge is -2.28. The van der Waals surface area contributed by atoms with Crippen LogP contribution in [0.2, 0.25) is 0 Å². The Morgan fingerprint density at radius 3 is 2.54 bits per heavy atom. The molecule has 28 heavy (non-hydrogen) atoms. The van der Waals surface area contributed by atoms with E-state index in [0.29, 0.717) is 18.8 Å². The third kappa shape index (κ3) is 2.86. The lowest BCUT2D eigenvalue weighted by Crippen LogP contribution is -2.54. The smallest absolute Gasteiger partial charge is 0.262 e. The number of benzene rings is 1. The van der Waals surface area contributed by atoms with E-state index in [4.69, 9.17) is 0 Å². The van der Waals surface area contributed by atoms with Crippen molar-refractivity contribution in [1.29, 1.82) is 0 Å². The van der Waals surface area contributed by atoms with Crippen LogP contribution < -0.4 is 15.5 Å². The van der Waals surface area contributed by atoms with Crippen LogP contribution in [0.5, 0.6) is 0 Å². The standard InChI is InChI=1S/C19H21FN4O4/c1-21-9-10-3-2-6-23(10)15-8-12-11(7-13(15)20)18(27)24(19(12)28)14-4-5-16(25)22-17(14)26/h7-8,10,14,21H,2-6,9H2,1H3,(H,22,25,26). The number of likely N-dealkylation sites (N-methyl/N-ethyl adjacent to an activating group) is 1. The summed E-state index contributed by atoms with van der Waals surface area (Å²) in [6, 6.07) is 1.56. The summed E-state index contributed by atoms with van der Waals surface area (Å²) in [6.07, 6.45) is 1.94. The van der Waals surface area contributed by atoms with E-state index in [1.54, 1.807) is 0 Å². The van der Waals surface area contributed by atoms with Crippen LogP contribution in [0.3, 0.4) is 0 Å². The van der Waals surface area contributed by atoms with E-state index in [1.165, 1.54) is 6.07 Å². The van der Waals surface area contributed by atoms with Crippen molar-refractivity contribution in [2.24, 2.45) is 0 Å². The fourth-order valence-corrected chi connectivity index (χ4v) is 4.30. The Morgan fingerprint density at radius 2 is 1.86 bits per heavy atom. The molecular formula is C19H21FN4O4. The normalized spacial score (nSPS) is 24.8. The van der Waals surface area contributed by atoms with Crippen molar-refractivity contribution < 1.29 is 23.6 Å². The molecule has 0 aliphatic carbocycles. The highest BCUT2D eigenvalue weighted by molar-refractivity contribution is 6.23. The van der Waals surface area contributed by atoms with Gasteiger partial charge in [-0.2, -0.15) is 0 Å². The number of fused-ring (bicyclic) bond motifs is 1. The summed E-state index contributed by atoms with van der Waals surface area (Å²) >= 11 is 0. The van der Waals surface area contributed by atoms with Crippen molar-refractivity contribution >= 4 is 29.3 Å². The van der Waals surface area contributed by atoms with Crippen LogP contribution in [0.15, 0.2) is 12.1 Å². The van der Waals surface area contributed by atoms with Gasteiger partial charge >= 0.3 is 0 Å². The average Bonchev–Trinajstić information content (AvgIpc) is 3.19. The number of rotatable bonds is 4. The van der Waals surface area contributed by atoms with Crippen LogP contribution in [0.4, 0.5) is 10.1 Å². The van der Waals surface area contributed by atoms with Gasteiger partial charge in [-0.1, -0.05) is 0 Å². The van der Waals surface area contributed by atoms with Gasteiger partial charge in [0, 0.05) is 25.6 Å².